The maximum Gasteiger partial charge on any atom is 0.255 e. The molecular weight excluding hydrogens is 352 g/mol. The molecule has 1 amide bonds. The summed E-state index contributed by atoms with van der Waals surface area (Å²) in [6.45, 7) is 3.62. The van der Waals surface area contributed by atoms with Crippen molar-refractivity contribution in [3.05, 3.63) is 70.4 Å². The van der Waals surface area contributed by atoms with Crippen LogP contribution in [0.2, 0.25) is 0 Å². The van der Waals surface area contributed by atoms with Crippen LogP contribution in [-0.2, 0) is 0 Å². The van der Waals surface area contributed by atoms with Crippen LogP contribution in [0.1, 0.15) is 29.6 Å². The number of amides is 1. The number of hydrogen-bond donors (Lipinski definition) is 1. The van der Waals surface area contributed by atoms with Crippen LogP contribution in [0.4, 0.5) is 0 Å². The third-order valence-corrected chi connectivity index (χ3v) is 5.22. The van der Waals surface area contributed by atoms with E-state index in [1.807, 2.05) is 30.3 Å². The highest BCUT2D eigenvalue weighted by molar-refractivity contribution is 6.04. The molecule has 0 spiro atoms. The van der Waals surface area contributed by atoms with Gasteiger partial charge in [0, 0.05) is 24.7 Å². The molecule has 3 aromatic rings. The summed E-state index contributed by atoms with van der Waals surface area (Å²) in [5.74, 6) is 0.252. The molecule has 2 heterocycles. The van der Waals surface area contributed by atoms with E-state index in [0.717, 1.165) is 25.2 Å². The lowest BCUT2D eigenvalue weighted by atomic mass is 10.1. The van der Waals surface area contributed by atoms with Crippen molar-refractivity contribution in [2.75, 3.05) is 26.2 Å². The Kier molecular flexibility index (Phi) is 5.53. The Balaban J connectivity index is 1.58. The molecule has 4 rings (SSSR count). The topological polar surface area (TPSA) is 62.6 Å². The molecule has 1 aliphatic heterocycles. The molecule has 1 fully saturated rings. The zero-order valence-corrected chi connectivity index (χ0v) is 15.8. The van der Waals surface area contributed by atoms with Gasteiger partial charge in [-0.1, -0.05) is 42.8 Å². The number of nitrogens with zero attached hydrogens (tertiary/aromatic N) is 1. The molecule has 0 saturated carbocycles. The standard InChI is InChI=1S/C23H24N2O3/c26-20-16-21(17-8-3-1-4-9-17)28-22-18(20)10-7-11-19(22)23(27)24-12-15-25-13-5-2-6-14-25/h1,3-4,7-11,16H,2,5-6,12-15H2,(H,24,27). The number of benzene rings is 2. The smallest absolute Gasteiger partial charge is 0.255 e. The van der Waals surface area contributed by atoms with Crippen molar-refractivity contribution in [2.45, 2.75) is 19.3 Å². The van der Waals surface area contributed by atoms with E-state index in [4.69, 9.17) is 4.42 Å². The highest BCUT2D eigenvalue weighted by atomic mass is 16.3. The molecule has 144 valence electrons. The van der Waals surface area contributed by atoms with Crippen LogP contribution in [0.25, 0.3) is 22.3 Å². The van der Waals surface area contributed by atoms with Crippen LogP contribution < -0.4 is 10.7 Å². The second-order valence-corrected chi connectivity index (χ2v) is 7.18. The maximum absolute atomic E-state index is 12.8. The first-order chi connectivity index (χ1) is 13.7. The van der Waals surface area contributed by atoms with Crippen LogP contribution >= 0.6 is 0 Å². The number of nitrogens with one attached hydrogen (secondary N) is 1. The summed E-state index contributed by atoms with van der Waals surface area (Å²) >= 11 is 0. The lowest BCUT2D eigenvalue weighted by molar-refractivity contribution is 0.0947. The van der Waals surface area contributed by atoms with Gasteiger partial charge in [-0.25, -0.2) is 0 Å². The van der Waals surface area contributed by atoms with E-state index in [1.165, 1.54) is 25.3 Å². The van der Waals surface area contributed by atoms with Gasteiger partial charge < -0.3 is 14.6 Å². The number of fused-ring (bicyclic) bond motifs is 1. The minimum Gasteiger partial charge on any atom is -0.455 e. The molecule has 0 unspecified atom stereocenters. The van der Waals surface area contributed by atoms with Gasteiger partial charge in [-0.2, -0.15) is 0 Å². The van der Waals surface area contributed by atoms with Crippen molar-refractivity contribution in [1.82, 2.24) is 10.2 Å². The summed E-state index contributed by atoms with van der Waals surface area (Å²) in [4.78, 5) is 27.7. The predicted octanol–water partition coefficient (Wildman–Crippen LogP) is 3.68. The molecule has 0 atom stereocenters. The summed E-state index contributed by atoms with van der Waals surface area (Å²) < 4.78 is 6.01. The second kappa shape index (κ2) is 8.40. The molecule has 0 aliphatic carbocycles. The number of para-hydroxylation sites is 1. The average Bonchev–Trinajstić information content (AvgIpc) is 2.74. The van der Waals surface area contributed by atoms with E-state index in [9.17, 15) is 9.59 Å². The number of carbonyl (C=O) groups excluding carboxylic acids is 1. The summed E-state index contributed by atoms with van der Waals surface area (Å²) in [7, 11) is 0. The average molecular weight is 376 g/mol. The highest BCUT2D eigenvalue weighted by Crippen LogP contribution is 2.24. The molecule has 2 aromatic carbocycles. The Hall–Kier alpha value is -2.92. The minimum absolute atomic E-state index is 0.150. The van der Waals surface area contributed by atoms with Gasteiger partial charge in [0.15, 0.2) is 11.0 Å². The van der Waals surface area contributed by atoms with Crippen molar-refractivity contribution >= 4 is 16.9 Å². The monoisotopic (exact) mass is 376 g/mol. The van der Waals surface area contributed by atoms with Gasteiger partial charge in [-0.3, -0.25) is 9.59 Å². The number of piperidine rings is 1. The van der Waals surface area contributed by atoms with Crippen molar-refractivity contribution in [1.29, 1.82) is 0 Å². The lowest BCUT2D eigenvalue weighted by Gasteiger charge is -2.26. The zero-order valence-electron chi connectivity index (χ0n) is 15.8. The van der Waals surface area contributed by atoms with Crippen molar-refractivity contribution in [3.63, 3.8) is 0 Å². The van der Waals surface area contributed by atoms with Gasteiger partial charge in [0.1, 0.15) is 5.76 Å². The lowest BCUT2D eigenvalue weighted by Crippen LogP contribution is -2.37. The minimum atomic E-state index is -0.212. The van der Waals surface area contributed by atoms with Gasteiger partial charge in [-0.15, -0.1) is 0 Å². The first kappa shape index (κ1) is 18.4. The third kappa shape index (κ3) is 3.99. The summed E-state index contributed by atoms with van der Waals surface area (Å²) in [5.41, 5.74) is 1.39. The van der Waals surface area contributed by atoms with Gasteiger partial charge in [0.05, 0.1) is 10.9 Å². The first-order valence-corrected chi connectivity index (χ1v) is 9.85. The molecule has 1 saturated heterocycles. The van der Waals surface area contributed by atoms with Gasteiger partial charge in [-0.05, 0) is 38.1 Å². The Morgan fingerprint density at radius 3 is 2.57 bits per heavy atom. The quantitative estimate of drug-likeness (QED) is 0.738. The zero-order chi connectivity index (χ0) is 19.3. The van der Waals surface area contributed by atoms with Crippen LogP contribution in [0.5, 0.6) is 0 Å². The van der Waals surface area contributed by atoms with Gasteiger partial charge in [0.25, 0.3) is 5.91 Å². The maximum atomic E-state index is 12.8. The van der Waals surface area contributed by atoms with Crippen molar-refractivity contribution in [3.8, 4) is 11.3 Å². The van der Waals surface area contributed by atoms with E-state index in [0.29, 0.717) is 28.8 Å². The first-order valence-electron chi connectivity index (χ1n) is 9.85. The van der Waals surface area contributed by atoms with E-state index >= 15 is 0 Å². The predicted molar refractivity (Wildman–Crippen MR) is 111 cm³/mol. The number of carbonyl (C=O) groups is 1. The molecule has 1 aromatic heterocycles. The number of rotatable bonds is 5. The molecular formula is C23H24N2O3. The second-order valence-electron chi connectivity index (χ2n) is 7.18. The van der Waals surface area contributed by atoms with Crippen LogP contribution in [0, 0.1) is 0 Å². The van der Waals surface area contributed by atoms with Gasteiger partial charge >= 0.3 is 0 Å². The summed E-state index contributed by atoms with van der Waals surface area (Å²) in [6.07, 6.45) is 3.75. The largest absolute Gasteiger partial charge is 0.455 e. The number of likely N-dealkylation sites (tertiary alicyclic amines) is 1. The van der Waals surface area contributed by atoms with E-state index in [1.54, 1.807) is 18.2 Å². The highest BCUT2D eigenvalue weighted by Gasteiger charge is 2.16. The summed E-state index contributed by atoms with van der Waals surface area (Å²) in [5, 5.41) is 3.39. The van der Waals surface area contributed by atoms with Crippen LogP contribution in [0.3, 0.4) is 0 Å². The molecule has 28 heavy (non-hydrogen) atoms. The molecule has 1 aliphatic rings. The van der Waals surface area contributed by atoms with Crippen molar-refractivity contribution in [2.24, 2.45) is 0 Å². The summed E-state index contributed by atoms with van der Waals surface area (Å²) in [6, 6.07) is 16.0. The fourth-order valence-corrected chi connectivity index (χ4v) is 3.71. The molecule has 5 heteroatoms. The Labute approximate surface area is 164 Å². The normalized spacial score (nSPS) is 14.9. The third-order valence-electron chi connectivity index (χ3n) is 5.22. The molecule has 0 radical (unpaired) electrons. The Morgan fingerprint density at radius 1 is 1.00 bits per heavy atom. The molecule has 5 nitrogen and oxygen atoms in total. The van der Waals surface area contributed by atoms with Crippen molar-refractivity contribution < 1.29 is 9.21 Å². The molecule has 1 N–H and O–H groups in total. The Bertz CT molecular complexity index is 1020. The van der Waals surface area contributed by atoms with E-state index < -0.39 is 0 Å². The van der Waals surface area contributed by atoms with Crippen LogP contribution in [0.15, 0.2) is 63.8 Å². The molecule has 0 bridgehead atoms. The fourth-order valence-electron chi connectivity index (χ4n) is 3.71. The fraction of sp³-hybridized carbons (Fsp3) is 0.304. The number of hydrogen-bond acceptors (Lipinski definition) is 4. The van der Waals surface area contributed by atoms with E-state index in [-0.39, 0.29) is 11.3 Å². The SMILES string of the molecule is O=C(NCCN1CCCCC1)c1cccc2c(=O)cc(-c3ccccc3)oc12. The Morgan fingerprint density at radius 2 is 1.79 bits per heavy atom. The van der Waals surface area contributed by atoms with E-state index in [2.05, 4.69) is 10.2 Å². The van der Waals surface area contributed by atoms with Gasteiger partial charge in [0.2, 0.25) is 0 Å². The van der Waals surface area contributed by atoms with Crippen LogP contribution in [-0.4, -0.2) is 37.0 Å².